The zero-order valence-corrected chi connectivity index (χ0v) is 16.0. The fraction of sp³-hybridized carbons (Fsp3) is 0.400. The first-order valence-electron chi connectivity index (χ1n) is 8.79. The van der Waals surface area contributed by atoms with Crippen LogP contribution in [-0.2, 0) is 11.3 Å². The van der Waals surface area contributed by atoms with Crippen molar-refractivity contribution >= 4 is 23.6 Å². The smallest absolute Gasteiger partial charge is 0.289 e. The number of furan rings is 1. The maximum Gasteiger partial charge on any atom is 0.289 e. The highest BCUT2D eigenvalue weighted by Crippen LogP contribution is 2.22. The van der Waals surface area contributed by atoms with Crippen molar-refractivity contribution in [3.8, 4) is 0 Å². The van der Waals surface area contributed by atoms with E-state index in [-0.39, 0.29) is 17.7 Å². The zero-order chi connectivity index (χ0) is 18.5. The molecule has 2 heterocycles. The van der Waals surface area contributed by atoms with Crippen LogP contribution in [0.2, 0.25) is 0 Å². The second-order valence-electron chi connectivity index (χ2n) is 6.61. The van der Waals surface area contributed by atoms with Crippen LogP contribution in [0.1, 0.15) is 29.0 Å². The third-order valence-electron chi connectivity index (χ3n) is 4.74. The van der Waals surface area contributed by atoms with Crippen LogP contribution < -0.4 is 0 Å². The van der Waals surface area contributed by atoms with Crippen molar-refractivity contribution in [3.05, 3.63) is 54.0 Å². The second kappa shape index (κ2) is 8.45. The van der Waals surface area contributed by atoms with E-state index >= 15 is 0 Å². The lowest BCUT2D eigenvalue weighted by molar-refractivity contribution is -0.136. The van der Waals surface area contributed by atoms with Gasteiger partial charge in [-0.05, 0) is 48.9 Å². The van der Waals surface area contributed by atoms with Crippen molar-refractivity contribution in [2.45, 2.75) is 24.3 Å². The van der Waals surface area contributed by atoms with Gasteiger partial charge in [-0.1, -0.05) is 12.1 Å². The Labute approximate surface area is 158 Å². The fourth-order valence-electron chi connectivity index (χ4n) is 3.31. The van der Waals surface area contributed by atoms with Crippen LogP contribution in [0.15, 0.2) is 52.0 Å². The Hall–Kier alpha value is -2.21. The quantitative estimate of drug-likeness (QED) is 0.754. The van der Waals surface area contributed by atoms with Gasteiger partial charge in [0.2, 0.25) is 5.91 Å². The molecule has 6 heteroatoms. The summed E-state index contributed by atoms with van der Waals surface area (Å²) in [7, 11) is 1.83. The van der Waals surface area contributed by atoms with Gasteiger partial charge >= 0.3 is 0 Å². The standard InChI is InChI=1S/C20H24N2O3S/c1-21(13-15-7-9-17(26-2)10-8-15)19(23)16-5-3-11-22(14-16)20(24)18-6-4-12-25-18/h4,6-10,12,16H,3,5,11,13-14H2,1-2H3/t16-/m0/s1. The molecule has 0 unspecified atom stereocenters. The number of piperidine rings is 1. The summed E-state index contributed by atoms with van der Waals surface area (Å²) in [5.41, 5.74) is 1.11. The minimum Gasteiger partial charge on any atom is -0.459 e. The minimum atomic E-state index is -0.155. The van der Waals surface area contributed by atoms with Gasteiger partial charge in [0, 0.05) is 31.6 Å². The van der Waals surface area contributed by atoms with Crippen LogP contribution >= 0.6 is 11.8 Å². The van der Waals surface area contributed by atoms with E-state index in [4.69, 9.17) is 4.42 Å². The largest absolute Gasteiger partial charge is 0.459 e. The van der Waals surface area contributed by atoms with Crippen molar-refractivity contribution in [2.75, 3.05) is 26.4 Å². The normalized spacial score (nSPS) is 17.2. The molecule has 138 valence electrons. The van der Waals surface area contributed by atoms with E-state index in [0.717, 1.165) is 18.4 Å². The zero-order valence-electron chi connectivity index (χ0n) is 15.2. The van der Waals surface area contributed by atoms with E-state index in [1.165, 1.54) is 11.2 Å². The summed E-state index contributed by atoms with van der Waals surface area (Å²) in [6.07, 6.45) is 5.19. The summed E-state index contributed by atoms with van der Waals surface area (Å²) >= 11 is 1.70. The number of nitrogens with zero attached hydrogens (tertiary/aromatic N) is 2. The summed E-state index contributed by atoms with van der Waals surface area (Å²) in [6.45, 7) is 1.70. The molecule has 2 amide bonds. The summed E-state index contributed by atoms with van der Waals surface area (Å²) in [5, 5.41) is 0. The molecule has 1 aromatic heterocycles. The van der Waals surface area contributed by atoms with Crippen LogP contribution in [-0.4, -0.2) is 48.0 Å². The van der Waals surface area contributed by atoms with Crippen molar-refractivity contribution in [2.24, 2.45) is 5.92 Å². The average molecular weight is 372 g/mol. The first kappa shape index (κ1) is 18.6. The van der Waals surface area contributed by atoms with Gasteiger partial charge in [-0.15, -0.1) is 11.8 Å². The molecule has 2 aromatic rings. The molecule has 0 spiro atoms. The second-order valence-corrected chi connectivity index (χ2v) is 7.49. The number of benzene rings is 1. The van der Waals surface area contributed by atoms with E-state index in [9.17, 15) is 9.59 Å². The molecule has 1 aliphatic rings. The Kier molecular flexibility index (Phi) is 6.04. The Bertz CT molecular complexity index is 743. The lowest BCUT2D eigenvalue weighted by Crippen LogP contribution is -2.45. The maximum atomic E-state index is 12.8. The third kappa shape index (κ3) is 4.30. The lowest BCUT2D eigenvalue weighted by Gasteiger charge is -2.33. The number of hydrogen-bond acceptors (Lipinski definition) is 4. The number of rotatable bonds is 5. The van der Waals surface area contributed by atoms with Crippen LogP contribution in [0.5, 0.6) is 0 Å². The lowest BCUT2D eigenvalue weighted by atomic mass is 9.96. The Morgan fingerprint density at radius 1 is 1.27 bits per heavy atom. The highest BCUT2D eigenvalue weighted by molar-refractivity contribution is 7.98. The molecule has 1 aliphatic heterocycles. The molecule has 1 saturated heterocycles. The number of amides is 2. The number of carbonyl (C=O) groups is 2. The summed E-state index contributed by atoms with van der Waals surface area (Å²) < 4.78 is 5.20. The van der Waals surface area contributed by atoms with Gasteiger partial charge in [0.1, 0.15) is 0 Å². The predicted octanol–water partition coefficient (Wildman–Crippen LogP) is 3.51. The first-order chi connectivity index (χ1) is 12.6. The maximum absolute atomic E-state index is 12.8. The Balaban J connectivity index is 1.60. The van der Waals surface area contributed by atoms with Crippen molar-refractivity contribution in [1.82, 2.24) is 9.80 Å². The number of thioether (sulfide) groups is 1. The molecule has 3 rings (SSSR count). The molecule has 0 bridgehead atoms. The monoisotopic (exact) mass is 372 g/mol. The van der Waals surface area contributed by atoms with Crippen LogP contribution in [0.3, 0.4) is 0 Å². The van der Waals surface area contributed by atoms with E-state index < -0.39 is 0 Å². The van der Waals surface area contributed by atoms with Gasteiger partial charge in [-0.25, -0.2) is 0 Å². The van der Waals surface area contributed by atoms with Gasteiger partial charge < -0.3 is 14.2 Å². The van der Waals surface area contributed by atoms with Gasteiger partial charge in [-0.3, -0.25) is 9.59 Å². The minimum absolute atomic E-state index is 0.0934. The molecular weight excluding hydrogens is 348 g/mol. The van der Waals surface area contributed by atoms with Crippen LogP contribution in [0.4, 0.5) is 0 Å². The molecular formula is C20H24N2O3S. The number of hydrogen-bond donors (Lipinski definition) is 0. The molecule has 1 atom stereocenters. The van der Waals surface area contributed by atoms with E-state index in [0.29, 0.717) is 25.4 Å². The average Bonchev–Trinajstić information content (AvgIpc) is 3.22. The summed E-state index contributed by atoms with van der Waals surface area (Å²) in [6, 6.07) is 11.6. The van der Waals surface area contributed by atoms with Crippen LogP contribution in [0.25, 0.3) is 0 Å². The van der Waals surface area contributed by atoms with Crippen molar-refractivity contribution in [3.63, 3.8) is 0 Å². The highest BCUT2D eigenvalue weighted by Gasteiger charge is 2.31. The van der Waals surface area contributed by atoms with Crippen molar-refractivity contribution < 1.29 is 14.0 Å². The topological polar surface area (TPSA) is 53.8 Å². The molecule has 26 heavy (non-hydrogen) atoms. The van der Waals surface area contributed by atoms with Gasteiger partial charge in [0.25, 0.3) is 5.91 Å². The number of carbonyl (C=O) groups excluding carboxylic acids is 2. The summed E-state index contributed by atoms with van der Waals surface area (Å²) in [4.78, 5) is 30.0. The first-order valence-corrected chi connectivity index (χ1v) is 10.0. The molecule has 0 radical (unpaired) electrons. The summed E-state index contributed by atoms with van der Waals surface area (Å²) in [5.74, 6) is 0.136. The SMILES string of the molecule is CSc1ccc(CN(C)C(=O)[C@H]2CCCN(C(=O)c3ccco3)C2)cc1. The molecule has 5 nitrogen and oxygen atoms in total. The van der Waals surface area contributed by atoms with Crippen molar-refractivity contribution in [1.29, 1.82) is 0 Å². The van der Waals surface area contributed by atoms with E-state index in [2.05, 4.69) is 24.3 Å². The Morgan fingerprint density at radius 3 is 2.69 bits per heavy atom. The van der Waals surface area contributed by atoms with E-state index in [1.807, 2.05) is 13.3 Å². The fourth-order valence-corrected chi connectivity index (χ4v) is 3.72. The third-order valence-corrected chi connectivity index (χ3v) is 5.49. The molecule has 0 saturated carbocycles. The van der Waals surface area contributed by atoms with E-state index in [1.54, 1.807) is 33.7 Å². The number of likely N-dealkylation sites (tertiary alicyclic amines) is 1. The molecule has 0 N–H and O–H groups in total. The predicted molar refractivity (Wildman–Crippen MR) is 102 cm³/mol. The Morgan fingerprint density at radius 2 is 2.04 bits per heavy atom. The van der Waals surface area contributed by atoms with Gasteiger partial charge in [-0.2, -0.15) is 0 Å². The van der Waals surface area contributed by atoms with Gasteiger partial charge in [0.05, 0.1) is 12.2 Å². The van der Waals surface area contributed by atoms with Gasteiger partial charge in [0.15, 0.2) is 5.76 Å². The highest BCUT2D eigenvalue weighted by atomic mass is 32.2. The molecule has 1 fully saturated rings. The molecule has 1 aromatic carbocycles. The van der Waals surface area contributed by atoms with Crippen LogP contribution in [0, 0.1) is 5.92 Å². The molecule has 0 aliphatic carbocycles.